The molecule has 0 aliphatic rings. The van der Waals surface area contributed by atoms with Crippen LogP contribution in [0.2, 0.25) is 0 Å². The Labute approximate surface area is 189 Å². The number of nitrogens with one attached hydrogen (secondary N) is 1. The van der Waals surface area contributed by atoms with Gasteiger partial charge in [0.05, 0.1) is 7.11 Å². The Kier molecular flexibility index (Phi) is 6.87. The van der Waals surface area contributed by atoms with Crippen LogP contribution in [0.3, 0.4) is 0 Å². The molecule has 4 aromatic carbocycles. The van der Waals surface area contributed by atoms with Gasteiger partial charge in [-0.15, -0.1) is 0 Å². The molecule has 0 saturated heterocycles. The van der Waals surface area contributed by atoms with Crippen LogP contribution in [0.25, 0.3) is 0 Å². The lowest BCUT2D eigenvalue weighted by Crippen LogP contribution is -2.30. The molecular weight excluding hydrogens is 413 g/mol. The summed E-state index contributed by atoms with van der Waals surface area (Å²) in [7, 11) is -1.53. The molecule has 32 heavy (non-hydrogen) atoms. The van der Waals surface area contributed by atoms with Crippen LogP contribution >= 0.6 is 7.29 Å². The number of methoxy groups -OCH3 is 1. The van der Waals surface area contributed by atoms with Crippen LogP contribution < -0.4 is 20.4 Å². The molecule has 0 fully saturated rings. The molecule has 4 aromatic rings. The van der Waals surface area contributed by atoms with E-state index >= 15 is 0 Å². The number of benzene rings is 4. The van der Waals surface area contributed by atoms with Gasteiger partial charge in [0.15, 0.2) is 0 Å². The number of ether oxygens (including phenoxy) is 1. The Morgan fingerprint density at radius 1 is 0.719 bits per heavy atom. The normalized spacial score (nSPS) is 11.8. The van der Waals surface area contributed by atoms with Crippen molar-refractivity contribution < 1.29 is 9.30 Å². The minimum atomic E-state index is -3.17. The molecule has 0 saturated carbocycles. The molecule has 0 radical (unpaired) electrons. The SMILES string of the molecule is COc1ccc(C(C#Cc2ccccc2)NP(=O)(c2ccccc2)c2ccccc2)cc1. The summed E-state index contributed by atoms with van der Waals surface area (Å²) in [5, 5.41) is 4.91. The fourth-order valence-electron chi connectivity index (χ4n) is 3.42. The standard InChI is InChI=1S/C28H24NO2P/c1-31-25-20-18-24(19-21-25)28(22-17-23-11-5-2-6-12-23)29-32(30,26-13-7-3-8-14-26)27-15-9-4-10-16-27/h2-16,18-21,28H,1H3,(H,29,30). The predicted octanol–water partition coefficient (Wildman–Crippen LogP) is 5.31. The third-order valence-corrected chi connectivity index (χ3v) is 7.81. The molecule has 3 nitrogen and oxygen atoms in total. The lowest BCUT2D eigenvalue weighted by Gasteiger charge is -2.24. The molecule has 1 N–H and O–H groups in total. The van der Waals surface area contributed by atoms with Gasteiger partial charge in [0.1, 0.15) is 11.8 Å². The van der Waals surface area contributed by atoms with E-state index < -0.39 is 13.3 Å². The molecule has 4 heteroatoms. The minimum Gasteiger partial charge on any atom is -0.497 e. The molecule has 1 atom stereocenters. The van der Waals surface area contributed by atoms with Gasteiger partial charge in [0.25, 0.3) is 0 Å². The molecule has 0 aromatic heterocycles. The highest BCUT2D eigenvalue weighted by molar-refractivity contribution is 7.76. The van der Waals surface area contributed by atoms with Crippen molar-refractivity contribution in [3.8, 4) is 17.6 Å². The third-order valence-electron chi connectivity index (χ3n) is 5.13. The zero-order valence-electron chi connectivity index (χ0n) is 17.8. The van der Waals surface area contributed by atoms with E-state index in [1.54, 1.807) is 7.11 Å². The molecule has 0 aliphatic carbocycles. The number of hydrogen-bond acceptors (Lipinski definition) is 2. The zero-order valence-corrected chi connectivity index (χ0v) is 18.7. The average Bonchev–Trinajstić information content (AvgIpc) is 2.88. The van der Waals surface area contributed by atoms with Gasteiger partial charge < -0.3 is 4.74 Å². The Morgan fingerprint density at radius 2 is 1.22 bits per heavy atom. The van der Waals surface area contributed by atoms with Crippen molar-refractivity contribution in [2.24, 2.45) is 0 Å². The first-order valence-corrected chi connectivity index (χ1v) is 12.1. The average molecular weight is 437 g/mol. The van der Waals surface area contributed by atoms with E-state index in [1.807, 2.05) is 115 Å². The summed E-state index contributed by atoms with van der Waals surface area (Å²) in [6.07, 6.45) is 0. The summed E-state index contributed by atoms with van der Waals surface area (Å²) in [5.74, 6) is 7.31. The Morgan fingerprint density at radius 3 is 1.72 bits per heavy atom. The monoisotopic (exact) mass is 437 g/mol. The van der Waals surface area contributed by atoms with Crippen molar-refractivity contribution in [3.63, 3.8) is 0 Å². The van der Waals surface area contributed by atoms with Crippen LogP contribution in [0.1, 0.15) is 17.2 Å². The molecule has 0 bridgehead atoms. The summed E-state index contributed by atoms with van der Waals surface area (Å²) < 4.78 is 19.8. The number of rotatable bonds is 6. The van der Waals surface area contributed by atoms with Crippen LogP contribution in [0, 0.1) is 11.8 Å². The molecule has 0 spiro atoms. The minimum absolute atomic E-state index is 0.452. The second-order valence-corrected chi connectivity index (χ2v) is 9.76. The third kappa shape index (κ3) is 5.01. The van der Waals surface area contributed by atoms with E-state index in [4.69, 9.17) is 4.74 Å². The number of hydrogen-bond donors (Lipinski definition) is 1. The molecule has 1 unspecified atom stereocenters. The maximum absolute atomic E-state index is 14.5. The first kappa shape index (κ1) is 21.7. The van der Waals surface area contributed by atoms with Gasteiger partial charge in [-0.25, -0.2) is 5.09 Å². The predicted molar refractivity (Wildman–Crippen MR) is 132 cm³/mol. The van der Waals surface area contributed by atoms with Gasteiger partial charge >= 0.3 is 0 Å². The molecule has 0 aliphatic heterocycles. The van der Waals surface area contributed by atoms with Crippen LogP contribution in [0.5, 0.6) is 5.75 Å². The fraction of sp³-hybridized carbons (Fsp3) is 0.0714. The highest BCUT2D eigenvalue weighted by Gasteiger charge is 2.30. The highest BCUT2D eigenvalue weighted by Crippen LogP contribution is 2.41. The highest BCUT2D eigenvalue weighted by atomic mass is 31.2. The van der Waals surface area contributed by atoms with Crippen LogP contribution in [0.15, 0.2) is 115 Å². The summed E-state index contributed by atoms with van der Waals surface area (Å²) in [4.78, 5) is 0. The lowest BCUT2D eigenvalue weighted by atomic mass is 10.1. The van der Waals surface area contributed by atoms with Gasteiger partial charge in [-0.3, -0.25) is 4.57 Å². The van der Waals surface area contributed by atoms with E-state index in [9.17, 15) is 4.57 Å². The lowest BCUT2D eigenvalue weighted by molar-refractivity contribution is 0.414. The second-order valence-electron chi connectivity index (χ2n) is 7.25. The van der Waals surface area contributed by atoms with Gasteiger partial charge in [-0.2, -0.15) is 0 Å². The van der Waals surface area contributed by atoms with Gasteiger partial charge in [0, 0.05) is 16.2 Å². The van der Waals surface area contributed by atoms with Crippen LogP contribution in [0.4, 0.5) is 0 Å². The molecule has 0 heterocycles. The van der Waals surface area contributed by atoms with E-state index in [0.717, 1.165) is 27.5 Å². The maximum Gasteiger partial charge on any atom is 0.205 e. The smallest absolute Gasteiger partial charge is 0.205 e. The summed E-state index contributed by atoms with van der Waals surface area (Å²) >= 11 is 0. The molecule has 0 amide bonds. The Balaban J connectivity index is 1.80. The summed E-state index contributed by atoms with van der Waals surface area (Å²) in [6.45, 7) is 0. The maximum atomic E-state index is 14.5. The van der Waals surface area contributed by atoms with E-state index in [-0.39, 0.29) is 0 Å². The van der Waals surface area contributed by atoms with Crippen LogP contribution in [-0.4, -0.2) is 7.11 Å². The molecule has 4 rings (SSSR count). The summed E-state index contributed by atoms with van der Waals surface area (Å²) in [5.41, 5.74) is 1.82. The Bertz CT molecular complexity index is 1200. The van der Waals surface area contributed by atoms with Crippen LogP contribution in [-0.2, 0) is 4.57 Å². The van der Waals surface area contributed by atoms with Gasteiger partial charge in [0.2, 0.25) is 7.29 Å². The molecule has 158 valence electrons. The quantitative estimate of drug-likeness (QED) is 0.328. The van der Waals surface area contributed by atoms with Crippen molar-refractivity contribution in [2.45, 2.75) is 6.04 Å². The largest absolute Gasteiger partial charge is 0.497 e. The van der Waals surface area contributed by atoms with Gasteiger partial charge in [-0.1, -0.05) is 78.6 Å². The second kappa shape index (κ2) is 10.2. The van der Waals surface area contributed by atoms with E-state index in [0.29, 0.717) is 0 Å². The fourth-order valence-corrected chi connectivity index (χ4v) is 5.78. The van der Waals surface area contributed by atoms with Crippen molar-refractivity contribution in [3.05, 3.63) is 126 Å². The first-order chi connectivity index (χ1) is 15.7. The van der Waals surface area contributed by atoms with Gasteiger partial charge in [-0.05, 0) is 54.1 Å². The molecular formula is C28H24NO2P. The van der Waals surface area contributed by atoms with Crippen molar-refractivity contribution >= 4 is 17.9 Å². The van der Waals surface area contributed by atoms with Crippen molar-refractivity contribution in [1.82, 2.24) is 5.09 Å². The zero-order chi connectivity index (χ0) is 22.2. The van der Waals surface area contributed by atoms with E-state index in [2.05, 4.69) is 16.9 Å². The van der Waals surface area contributed by atoms with Crippen molar-refractivity contribution in [2.75, 3.05) is 7.11 Å². The topological polar surface area (TPSA) is 38.3 Å². The van der Waals surface area contributed by atoms with E-state index in [1.165, 1.54) is 0 Å². The van der Waals surface area contributed by atoms with Crippen molar-refractivity contribution in [1.29, 1.82) is 0 Å². The summed E-state index contributed by atoms with van der Waals surface area (Å²) in [6, 6.07) is 36.1. The first-order valence-electron chi connectivity index (χ1n) is 10.4. The Hall–Kier alpha value is -3.57.